The second-order valence-corrected chi connectivity index (χ2v) is 3.39. The summed E-state index contributed by atoms with van der Waals surface area (Å²) in [5.74, 6) is -7.59. The maximum atomic E-state index is 9.75. The van der Waals surface area contributed by atoms with E-state index in [1.165, 1.54) is 0 Å². The lowest BCUT2D eigenvalue weighted by Crippen LogP contribution is -2.76. The Labute approximate surface area is 77.7 Å². The number of hydrogen-bond donors (Lipinski definition) is 4. The summed E-state index contributed by atoms with van der Waals surface area (Å²) in [6.07, 6.45) is -1.54. The molecule has 4 N–H and O–H groups in total. The van der Waals surface area contributed by atoms with Crippen molar-refractivity contribution in [2.24, 2.45) is 0 Å². The van der Waals surface area contributed by atoms with Gasteiger partial charge in [0.2, 0.25) is 5.79 Å². The van der Waals surface area contributed by atoms with Gasteiger partial charge >= 0.3 is 13.3 Å². The zero-order valence-corrected chi connectivity index (χ0v) is 6.78. The summed E-state index contributed by atoms with van der Waals surface area (Å²) in [6, 6.07) is 0. The molecule has 3 aliphatic heterocycles. The SMILES string of the molecule is O[C@@H]1COC2(O)OB3O[C@]1(O)[C@@]2(O)O3. The molecule has 1 unspecified atom stereocenters. The van der Waals surface area contributed by atoms with Gasteiger partial charge in [-0.25, -0.2) is 0 Å². The minimum absolute atomic E-state index is 0.453. The molecule has 0 amide bonds. The molecule has 2 bridgehead atoms. The highest BCUT2D eigenvalue weighted by Gasteiger charge is 2.85. The molecular weight excluding hydrogens is 199 g/mol. The van der Waals surface area contributed by atoms with Gasteiger partial charge in [0, 0.05) is 0 Å². The van der Waals surface area contributed by atoms with Crippen molar-refractivity contribution in [3.63, 3.8) is 0 Å². The molecule has 4 atom stereocenters. The van der Waals surface area contributed by atoms with Crippen LogP contribution in [0.5, 0.6) is 0 Å². The summed E-state index contributed by atoms with van der Waals surface area (Å²) in [5, 5.41) is 38.4. The lowest BCUT2D eigenvalue weighted by molar-refractivity contribution is -0.514. The highest BCUT2D eigenvalue weighted by molar-refractivity contribution is 6.38. The second-order valence-electron chi connectivity index (χ2n) is 3.39. The Bertz CT molecular complexity index is 297. The van der Waals surface area contributed by atoms with Gasteiger partial charge in [-0.1, -0.05) is 0 Å². The first-order chi connectivity index (χ1) is 6.41. The Balaban J connectivity index is 2.13. The summed E-state index contributed by atoms with van der Waals surface area (Å²) >= 11 is 0. The molecule has 3 saturated heterocycles. The Hall–Kier alpha value is -0.255. The van der Waals surface area contributed by atoms with Crippen LogP contribution in [0.3, 0.4) is 0 Å². The minimum atomic E-state index is -2.64. The molecule has 0 aliphatic carbocycles. The predicted molar refractivity (Wildman–Crippen MR) is 35.8 cm³/mol. The van der Waals surface area contributed by atoms with Gasteiger partial charge in [-0.3, -0.25) is 0 Å². The summed E-state index contributed by atoms with van der Waals surface area (Å²) in [7, 11) is -1.47. The van der Waals surface area contributed by atoms with Crippen molar-refractivity contribution >= 4 is 7.32 Å². The zero-order valence-electron chi connectivity index (χ0n) is 6.78. The number of ether oxygens (including phenoxy) is 1. The van der Waals surface area contributed by atoms with Crippen LogP contribution in [0.15, 0.2) is 0 Å². The van der Waals surface area contributed by atoms with Crippen molar-refractivity contribution in [2.75, 3.05) is 6.61 Å². The quantitative estimate of drug-likeness (QED) is 0.301. The standard InChI is InChI=1S/C5H7BO8/c7-2-1-11-5(10)4(9)3(2,8)12-6(13-4)14-5/h2,7-10H,1H2/t2-,3+,4-,5?/m1/s1. The van der Waals surface area contributed by atoms with Gasteiger partial charge in [-0.2, -0.15) is 0 Å². The van der Waals surface area contributed by atoms with Crippen molar-refractivity contribution in [1.82, 2.24) is 0 Å². The molecule has 3 rings (SSSR count). The molecule has 0 aromatic heterocycles. The van der Waals surface area contributed by atoms with Gasteiger partial charge in [0.05, 0.1) is 6.61 Å². The second kappa shape index (κ2) is 2.13. The van der Waals surface area contributed by atoms with E-state index in [1.807, 2.05) is 0 Å². The summed E-state index contributed by atoms with van der Waals surface area (Å²) in [5.41, 5.74) is 0. The van der Waals surface area contributed by atoms with Gasteiger partial charge in [-0.15, -0.1) is 0 Å². The highest BCUT2D eigenvalue weighted by Crippen LogP contribution is 2.53. The lowest BCUT2D eigenvalue weighted by Gasteiger charge is -2.49. The van der Waals surface area contributed by atoms with Crippen LogP contribution in [0.4, 0.5) is 0 Å². The highest BCUT2D eigenvalue weighted by atomic mass is 17.0. The molecule has 14 heavy (non-hydrogen) atoms. The van der Waals surface area contributed by atoms with Crippen LogP contribution in [0.25, 0.3) is 0 Å². The van der Waals surface area contributed by atoms with Crippen LogP contribution in [-0.4, -0.2) is 58.0 Å². The van der Waals surface area contributed by atoms with E-state index in [1.54, 1.807) is 0 Å². The Morgan fingerprint density at radius 2 is 1.86 bits per heavy atom. The van der Waals surface area contributed by atoms with Gasteiger partial charge in [0.1, 0.15) is 6.10 Å². The van der Waals surface area contributed by atoms with E-state index < -0.39 is 37.6 Å². The fraction of sp³-hybridized carbons (Fsp3) is 1.00. The van der Waals surface area contributed by atoms with E-state index in [2.05, 4.69) is 18.7 Å². The summed E-state index contributed by atoms with van der Waals surface area (Å²) < 4.78 is 18.5. The van der Waals surface area contributed by atoms with Crippen molar-refractivity contribution in [1.29, 1.82) is 0 Å². The van der Waals surface area contributed by atoms with E-state index >= 15 is 0 Å². The zero-order chi connectivity index (χ0) is 10.2. The van der Waals surface area contributed by atoms with Crippen molar-refractivity contribution in [3.8, 4) is 0 Å². The molecule has 0 aromatic carbocycles. The Kier molecular flexibility index (Phi) is 1.37. The van der Waals surface area contributed by atoms with Gasteiger partial charge in [-0.05, 0) is 0 Å². The van der Waals surface area contributed by atoms with E-state index in [4.69, 9.17) is 0 Å². The first-order valence-corrected chi connectivity index (χ1v) is 3.94. The molecule has 9 heteroatoms. The van der Waals surface area contributed by atoms with E-state index in [0.717, 1.165) is 0 Å². The van der Waals surface area contributed by atoms with Crippen molar-refractivity contribution < 1.29 is 39.1 Å². The third-order valence-electron chi connectivity index (χ3n) is 2.60. The van der Waals surface area contributed by atoms with Gasteiger partial charge in [0.25, 0.3) is 5.79 Å². The average molecular weight is 206 g/mol. The summed E-state index contributed by atoms with van der Waals surface area (Å²) in [6.45, 7) is -0.453. The smallest absolute Gasteiger partial charge is 0.385 e. The lowest BCUT2D eigenvalue weighted by atomic mass is 9.94. The minimum Gasteiger partial charge on any atom is -0.385 e. The molecular formula is C5H7BO8. The number of hydrogen-bond acceptors (Lipinski definition) is 8. The van der Waals surface area contributed by atoms with Crippen LogP contribution < -0.4 is 0 Å². The Morgan fingerprint density at radius 1 is 1.14 bits per heavy atom. The molecule has 3 fully saturated rings. The fourth-order valence-electron chi connectivity index (χ4n) is 1.77. The van der Waals surface area contributed by atoms with E-state index in [9.17, 15) is 20.4 Å². The molecule has 78 valence electrons. The number of aliphatic hydroxyl groups excluding tert-OH is 1. The average Bonchev–Trinajstić information content (AvgIpc) is 2.48. The third kappa shape index (κ3) is 0.677. The van der Waals surface area contributed by atoms with Crippen LogP contribution in [0.2, 0.25) is 0 Å². The fourth-order valence-corrected chi connectivity index (χ4v) is 1.77. The van der Waals surface area contributed by atoms with Gasteiger partial charge < -0.3 is 39.1 Å². The predicted octanol–water partition coefficient (Wildman–Crippen LogP) is -3.54. The molecule has 8 nitrogen and oxygen atoms in total. The van der Waals surface area contributed by atoms with Crippen LogP contribution in [-0.2, 0) is 18.7 Å². The normalized spacial score (nSPS) is 60.9. The molecule has 0 saturated carbocycles. The maximum Gasteiger partial charge on any atom is 0.648 e. The number of rotatable bonds is 0. The number of fused-ring (bicyclic) bond motifs is 1. The topological polar surface area (TPSA) is 118 Å². The molecule has 0 aromatic rings. The van der Waals surface area contributed by atoms with Crippen LogP contribution >= 0.6 is 0 Å². The molecule has 0 spiro atoms. The molecule has 3 heterocycles. The third-order valence-corrected chi connectivity index (χ3v) is 2.60. The Morgan fingerprint density at radius 3 is 2.43 bits per heavy atom. The van der Waals surface area contributed by atoms with Gasteiger partial charge in [0.15, 0.2) is 0 Å². The van der Waals surface area contributed by atoms with Crippen molar-refractivity contribution in [3.05, 3.63) is 0 Å². The first kappa shape index (κ1) is 9.01. The monoisotopic (exact) mass is 206 g/mol. The first-order valence-electron chi connectivity index (χ1n) is 3.94. The van der Waals surface area contributed by atoms with Crippen LogP contribution in [0.1, 0.15) is 0 Å². The number of aliphatic hydroxyl groups is 4. The van der Waals surface area contributed by atoms with E-state index in [-0.39, 0.29) is 0 Å². The molecule has 0 radical (unpaired) electrons. The van der Waals surface area contributed by atoms with Crippen molar-refractivity contribution in [2.45, 2.75) is 23.7 Å². The summed E-state index contributed by atoms with van der Waals surface area (Å²) in [4.78, 5) is 0. The molecule has 3 aliphatic rings. The maximum absolute atomic E-state index is 9.75. The van der Waals surface area contributed by atoms with E-state index in [0.29, 0.717) is 0 Å². The van der Waals surface area contributed by atoms with Crippen LogP contribution in [0, 0.1) is 0 Å². The largest absolute Gasteiger partial charge is 0.648 e.